The molecule has 1 aliphatic heterocycles. The first-order chi connectivity index (χ1) is 21.4. The van der Waals surface area contributed by atoms with Crippen LogP contribution >= 0.6 is 0 Å². The minimum absolute atomic E-state index is 0.232. The Hall–Kier alpha value is -4.62. The number of sulfonamides is 1. The quantitative estimate of drug-likeness (QED) is 0.220. The number of likely N-dealkylation sites (N-methyl/N-ethyl adjacent to an activating group) is 2. The van der Waals surface area contributed by atoms with E-state index in [2.05, 4.69) is 37.7 Å². The van der Waals surface area contributed by atoms with E-state index in [1.807, 2.05) is 50.4 Å². The molecule has 0 fully saturated rings. The predicted octanol–water partition coefficient (Wildman–Crippen LogP) is 4.31. The fourth-order valence-corrected chi connectivity index (χ4v) is 6.00. The van der Waals surface area contributed by atoms with Crippen LogP contribution in [0.5, 0.6) is 5.75 Å². The van der Waals surface area contributed by atoms with Crippen molar-refractivity contribution in [3.63, 3.8) is 0 Å². The van der Waals surface area contributed by atoms with Gasteiger partial charge in [0.25, 0.3) is 0 Å². The summed E-state index contributed by atoms with van der Waals surface area (Å²) in [6.45, 7) is 5.97. The lowest BCUT2D eigenvalue weighted by molar-refractivity contribution is -0.111. The topological polar surface area (TPSA) is 125 Å². The molecule has 45 heavy (non-hydrogen) atoms. The van der Waals surface area contributed by atoms with E-state index in [-0.39, 0.29) is 11.9 Å². The number of hydrogen-bond donors (Lipinski definition) is 2. The van der Waals surface area contributed by atoms with E-state index in [4.69, 9.17) is 9.72 Å². The fraction of sp³-hybridized carbons (Fsp3) is 0.344. The number of nitrogens with zero attached hydrogens (tertiary/aromatic N) is 6. The Morgan fingerprint density at radius 2 is 1.91 bits per heavy atom. The van der Waals surface area contributed by atoms with Crippen molar-refractivity contribution in [3.05, 3.63) is 60.9 Å². The second kappa shape index (κ2) is 12.8. The average molecular weight is 633 g/mol. The molecule has 2 aromatic carbocycles. The van der Waals surface area contributed by atoms with Crippen LogP contribution in [-0.4, -0.2) is 88.4 Å². The van der Waals surface area contributed by atoms with Crippen LogP contribution in [0.3, 0.4) is 0 Å². The summed E-state index contributed by atoms with van der Waals surface area (Å²) in [5.74, 6) is 0.386. The van der Waals surface area contributed by atoms with Gasteiger partial charge in [-0.25, -0.2) is 18.4 Å². The first-order valence-corrected chi connectivity index (χ1v) is 16.5. The van der Waals surface area contributed by atoms with Gasteiger partial charge in [0, 0.05) is 56.9 Å². The molecule has 1 aliphatic rings. The number of carbonyl (C=O) groups excluding carboxylic acids is 1. The lowest BCUT2D eigenvalue weighted by atomic mass is 10.0. The molecule has 2 N–H and O–H groups in total. The van der Waals surface area contributed by atoms with Crippen LogP contribution in [0.2, 0.25) is 0 Å². The van der Waals surface area contributed by atoms with E-state index in [9.17, 15) is 13.2 Å². The van der Waals surface area contributed by atoms with Crippen LogP contribution in [0.1, 0.15) is 12.0 Å². The molecule has 238 valence electrons. The maximum absolute atomic E-state index is 12.7. The van der Waals surface area contributed by atoms with Crippen molar-refractivity contribution < 1.29 is 17.9 Å². The van der Waals surface area contributed by atoms with Gasteiger partial charge in [-0.3, -0.25) is 9.10 Å². The van der Waals surface area contributed by atoms with Crippen LogP contribution in [-0.2, 0) is 27.8 Å². The average Bonchev–Trinajstić information content (AvgIpc) is 3.39. The number of aromatic nitrogens is 3. The molecule has 0 saturated heterocycles. The number of para-hydroxylation sites is 1. The smallest absolute Gasteiger partial charge is 0.247 e. The zero-order valence-electron chi connectivity index (χ0n) is 26.6. The standard InChI is InChI=1S/C32H40N8O4S/c1-8-29(41)34-24-17-25(28(44-6)18-26(24)38(4)16-15-37(2)3)35-32-33-19-27(39(5)45(7,42)43)30(36-32)23-20-40-14-10-12-21-11-9-13-22(23)31(21)40/h8-9,11,13,17-20H,1,10,12,14-16H2,2-7H3,(H,34,41)(H,33,35,36). The number of carbonyl (C=O) groups is 1. The summed E-state index contributed by atoms with van der Waals surface area (Å²) in [6, 6.07) is 9.81. The number of rotatable bonds is 12. The first-order valence-electron chi connectivity index (χ1n) is 14.6. The number of amides is 1. The van der Waals surface area contributed by atoms with E-state index in [0.717, 1.165) is 54.3 Å². The molecule has 1 amide bonds. The van der Waals surface area contributed by atoms with E-state index in [1.165, 1.54) is 29.2 Å². The third kappa shape index (κ3) is 6.59. The van der Waals surface area contributed by atoms with Gasteiger partial charge in [-0.15, -0.1) is 0 Å². The minimum Gasteiger partial charge on any atom is -0.494 e. The highest BCUT2D eigenvalue weighted by molar-refractivity contribution is 7.92. The maximum Gasteiger partial charge on any atom is 0.247 e. The molecule has 0 saturated carbocycles. The zero-order chi connectivity index (χ0) is 32.5. The zero-order valence-corrected chi connectivity index (χ0v) is 27.4. The molecule has 5 rings (SSSR count). The van der Waals surface area contributed by atoms with Gasteiger partial charge in [0.15, 0.2) is 0 Å². The predicted molar refractivity (Wildman–Crippen MR) is 181 cm³/mol. The van der Waals surface area contributed by atoms with Gasteiger partial charge in [0.1, 0.15) is 11.4 Å². The van der Waals surface area contributed by atoms with Crippen LogP contribution in [0.4, 0.5) is 28.7 Å². The summed E-state index contributed by atoms with van der Waals surface area (Å²) >= 11 is 0. The third-order valence-corrected chi connectivity index (χ3v) is 9.18. The van der Waals surface area contributed by atoms with Gasteiger partial charge in [0.2, 0.25) is 21.9 Å². The Kier molecular flexibility index (Phi) is 9.03. The largest absolute Gasteiger partial charge is 0.494 e. The number of nitrogens with one attached hydrogen (secondary N) is 2. The first kappa shape index (κ1) is 31.8. The molecule has 0 unspecified atom stereocenters. The molecule has 13 heteroatoms. The van der Waals surface area contributed by atoms with Crippen molar-refractivity contribution in [3.8, 4) is 17.0 Å². The summed E-state index contributed by atoms with van der Waals surface area (Å²) in [5, 5.41) is 7.15. The van der Waals surface area contributed by atoms with Crippen molar-refractivity contribution in [2.45, 2.75) is 19.4 Å². The molecule has 4 aromatic rings. The minimum atomic E-state index is -3.61. The Labute approximate surface area is 264 Å². The Balaban J connectivity index is 1.63. The SMILES string of the molecule is C=CC(=O)Nc1cc(Nc2ncc(N(C)S(C)(=O)=O)c(-c3cn4c5c(cccc35)CCC4)n2)c(OC)cc1N(C)CCN(C)C. The summed E-state index contributed by atoms with van der Waals surface area (Å²) < 4.78 is 34.5. The van der Waals surface area contributed by atoms with Crippen molar-refractivity contribution in [2.24, 2.45) is 0 Å². The van der Waals surface area contributed by atoms with Gasteiger partial charge in [-0.2, -0.15) is 0 Å². The van der Waals surface area contributed by atoms with Gasteiger partial charge in [-0.05, 0) is 44.6 Å². The Morgan fingerprint density at radius 3 is 2.60 bits per heavy atom. The molecule has 2 aromatic heterocycles. The van der Waals surface area contributed by atoms with E-state index in [1.54, 1.807) is 13.2 Å². The lowest BCUT2D eigenvalue weighted by Gasteiger charge is -2.26. The number of anilines is 5. The lowest BCUT2D eigenvalue weighted by Crippen LogP contribution is -2.29. The number of aryl methyl sites for hydroxylation is 2. The van der Waals surface area contributed by atoms with Gasteiger partial charge < -0.3 is 29.7 Å². The number of hydrogen-bond acceptors (Lipinski definition) is 9. The number of methoxy groups -OCH3 is 1. The molecule has 0 spiro atoms. The highest BCUT2D eigenvalue weighted by atomic mass is 32.2. The van der Waals surface area contributed by atoms with Crippen LogP contribution in [0.25, 0.3) is 22.2 Å². The normalized spacial score (nSPS) is 12.7. The highest BCUT2D eigenvalue weighted by Gasteiger charge is 2.25. The Morgan fingerprint density at radius 1 is 1.13 bits per heavy atom. The monoisotopic (exact) mass is 632 g/mol. The summed E-state index contributed by atoms with van der Waals surface area (Å²) in [5.41, 5.74) is 5.86. The molecule has 0 atom stereocenters. The summed E-state index contributed by atoms with van der Waals surface area (Å²) in [4.78, 5) is 25.9. The molecule has 0 radical (unpaired) electrons. The summed E-state index contributed by atoms with van der Waals surface area (Å²) in [7, 11) is 5.40. The van der Waals surface area contributed by atoms with Crippen molar-refractivity contribution in [1.82, 2.24) is 19.4 Å². The maximum atomic E-state index is 12.7. The summed E-state index contributed by atoms with van der Waals surface area (Å²) in [6.07, 6.45) is 7.93. The van der Waals surface area contributed by atoms with E-state index in [0.29, 0.717) is 35.1 Å². The highest BCUT2D eigenvalue weighted by Crippen LogP contribution is 2.41. The number of ether oxygens (including phenoxy) is 1. The second-order valence-corrected chi connectivity index (χ2v) is 13.4. The van der Waals surface area contributed by atoms with Gasteiger partial charge in [-0.1, -0.05) is 24.8 Å². The molecular formula is C32H40N8O4S. The molecule has 0 bridgehead atoms. The van der Waals surface area contributed by atoms with Crippen molar-refractivity contribution in [1.29, 1.82) is 0 Å². The van der Waals surface area contributed by atoms with Crippen molar-refractivity contribution >= 4 is 55.5 Å². The fourth-order valence-electron chi connectivity index (χ4n) is 5.51. The Bertz CT molecular complexity index is 1870. The number of benzene rings is 2. The molecule has 3 heterocycles. The van der Waals surface area contributed by atoms with Gasteiger partial charge in [0.05, 0.1) is 47.8 Å². The van der Waals surface area contributed by atoms with E-state index >= 15 is 0 Å². The molecular weight excluding hydrogens is 592 g/mol. The van der Waals surface area contributed by atoms with E-state index < -0.39 is 10.0 Å². The van der Waals surface area contributed by atoms with Gasteiger partial charge >= 0.3 is 0 Å². The second-order valence-electron chi connectivity index (χ2n) is 11.4. The van der Waals surface area contributed by atoms with Crippen LogP contribution in [0.15, 0.2) is 55.4 Å². The third-order valence-electron chi connectivity index (χ3n) is 7.99. The van der Waals surface area contributed by atoms with Crippen molar-refractivity contribution in [2.75, 3.05) is 74.5 Å². The van der Waals surface area contributed by atoms with Crippen LogP contribution < -0.4 is 24.6 Å². The van der Waals surface area contributed by atoms with Crippen LogP contribution in [0, 0.1) is 0 Å². The molecule has 12 nitrogen and oxygen atoms in total. The molecule has 0 aliphatic carbocycles.